The van der Waals surface area contributed by atoms with E-state index in [0.717, 1.165) is 0 Å². The Morgan fingerprint density at radius 1 is 1.46 bits per heavy atom. The van der Waals surface area contributed by atoms with Gasteiger partial charge in [0.05, 0.1) is 6.42 Å². The molecule has 0 aliphatic heterocycles. The first-order valence-corrected chi connectivity index (χ1v) is 3.87. The summed E-state index contributed by atoms with van der Waals surface area (Å²) in [5.74, 6) is -3.14. The molecule has 0 spiro atoms. The van der Waals surface area contributed by atoms with Gasteiger partial charge in [-0.3, -0.25) is 9.59 Å². The Bertz CT molecular complexity index is 231. The molecule has 0 aromatic heterocycles. The Kier molecular flexibility index (Phi) is 4.83. The number of carboxylic acids is 1. The molecule has 13 heavy (non-hydrogen) atoms. The number of aliphatic carboxylic acids is 1. The number of primary amides is 1. The standard InChI is InChI=1S/C6H9ClN2O4/c7-2-5(11)9-3(6(12)13)1-4(8)10/h3H,1-2H2,(H2,8,10)(H,9,11)(H,12,13)/t3-/m1/s1. The number of halogens is 1. The molecule has 0 heterocycles. The monoisotopic (exact) mass is 208 g/mol. The number of amides is 2. The number of nitrogens with one attached hydrogen (secondary N) is 1. The molecule has 0 saturated heterocycles. The van der Waals surface area contributed by atoms with Gasteiger partial charge in [-0.25, -0.2) is 4.79 Å². The summed E-state index contributed by atoms with van der Waals surface area (Å²) in [4.78, 5) is 31.4. The molecule has 4 N–H and O–H groups in total. The van der Waals surface area contributed by atoms with Gasteiger partial charge in [0.2, 0.25) is 11.8 Å². The quantitative estimate of drug-likeness (QED) is 0.486. The van der Waals surface area contributed by atoms with E-state index in [9.17, 15) is 14.4 Å². The summed E-state index contributed by atoms with van der Waals surface area (Å²) in [6.45, 7) is 0. The van der Waals surface area contributed by atoms with Crippen molar-refractivity contribution >= 4 is 29.4 Å². The van der Waals surface area contributed by atoms with Crippen molar-refractivity contribution in [3.05, 3.63) is 0 Å². The van der Waals surface area contributed by atoms with E-state index in [-0.39, 0.29) is 5.88 Å². The molecule has 0 saturated carbocycles. The van der Waals surface area contributed by atoms with Gasteiger partial charge in [-0.05, 0) is 0 Å². The highest BCUT2D eigenvalue weighted by Crippen LogP contribution is 1.92. The van der Waals surface area contributed by atoms with E-state index >= 15 is 0 Å². The van der Waals surface area contributed by atoms with E-state index in [1.54, 1.807) is 0 Å². The number of carbonyl (C=O) groups excluding carboxylic acids is 2. The predicted octanol–water partition coefficient (Wildman–Crippen LogP) is -1.33. The number of alkyl halides is 1. The maximum absolute atomic E-state index is 10.6. The molecule has 74 valence electrons. The summed E-state index contributed by atoms with van der Waals surface area (Å²) in [6, 6.07) is -1.30. The van der Waals surface area contributed by atoms with Gasteiger partial charge in [0, 0.05) is 0 Å². The third kappa shape index (κ3) is 5.02. The zero-order chi connectivity index (χ0) is 10.4. The number of hydrogen-bond donors (Lipinski definition) is 3. The van der Waals surface area contributed by atoms with Crippen molar-refractivity contribution in [3.8, 4) is 0 Å². The third-order valence-corrected chi connectivity index (χ3v) is 1.40. The van der Waals surface area contributed by atoms with Crippen LogP contribution in [0.2, 0.25) is 0 Å². The minimum Gasteiger partial charge on any atom is -0.480 e. The smallest absolute Gasteiger partial charge is 0.326 e. The average molecular weight is 209 g/mol. The fraction of sp³-hybridized carbons (Fsp3) is 0.500. The lowest BCUT2D eigenvalue weighted by Crippen LogP contribution is -2.43. The first-order valence-electron chi connectivity index (χ1n) is 3.33. The Balaban J connectivity index is 4.18. The maximum Gasteiger partial charge on any atom is 0.326 e. The fourth-order valence-corrected chi connectivity index (χ4v) is 0.711. The molecule has 0 aromatic rings. The zero-order valence-electron chi connectivity index (χ0n) is 6.62. The minimum atomic E-state index is -1.32. The molecule has 0 fully saturated rings. The SMILES string of the molecule is NC(=O)C[C@@H](NC(=O)CCl)C(=O)O. The van der Waals surface area contributed by atoms with Crippen molar-refractivity contribution in [3.63, 3.8) is 0 Å². The normalized spacial score (nSPS) is 11.8. The average Bonchev–Trinajstić information content (AvgIpc) is 2.02. The van der Waals surface area contributed by atoms with Crippen LogP contribution in [0.1, 0.15) is 6.42 Å². The van der Waals surface area contributed by atoms with Gasteiger partial charge in [0.1, 0.15) is 11.9 Å². The Morgan fingerprint density at radius 2 is 2.00 bits per heavy atom. The van der Waals surface area contributed by atoms with Crippen LogP contribution in [0.5, 0.6) is 0 Å². The van der Waals surface area contributed by atoms with Crippen LogP contribution in [-0.4, -0.2) is 34.8 Å². The van der Waals surface area contributed by atoms with Gasteiger partial charge in [-0.2, -0.15) is 0 Å². The Morgan fingerprint density at radius 3 is 2.31 bits per heavy atom. The van der Waals surface area contributed by atoms with Crippen molar-refractivity contribution < 1.29 is 19.5 Å². The van der Waals surface area contributed by atoms with E-state index in [0.29, 0.717) is 0 Å². The van der Waals surface area contributed by atoms with Crippen LogP contribution in [0.25, 0.3) is 0 Å². The Hall–Kier alpha value is -1.30. The minimum absolute atomic E-state index is 0.359. The fourth-order valence-electron chi connectivity index (χ4n) is 0.634. The molecule has 7 heteroatoms. The maximum atomic E-state index is 10.6. The summed E-state index contributed by atoms with van der Waals surface area (Å²) < 4.78 is 0. The molecule has 0 aromatic carbocycles. The van der Waals surface area contributed by atoms with Gasteiger partial charge >= 0.3 is 5.97 Å². The van der Waals surface area contributed by atoms with Crippen molar-refractivity contribution in [2.24, 2.45) is 5.73 Å². The van der Waals surface area contributed by atoms with Gasteiger partial charge in [0.25, 0.3) is 0 Å². The van der Waals surface area contributed by atoms with Crippen LogP contribution in [0.4, 0.5) is 0 Å². The molecule has 2 amide bonds. The highest BCUT2D eigenvalue weighted by atomic mass is 35.5. The molecular weight excluding hydrogens is 200 g/mol. The Labute approximate surface area is 79.0 Å². The van der Waals surface area contributed by atoms with Crippen LogP contribution in [-0.2, 0) is 14.4 Å². The lowest BCUT2D eigenvalue weighted by atomic mass is 10.2. The molecule has 0 aliphatic rings. The van der Waals surface area contributed by atoms with Gasteiger partial charge < -0.3 is 16.2 Å². The molecule has 6 nitrogen and oxygen atoms in total. The lowest BCUT2D eigenvalue weighted by molar-refractivity contribution is -0.143. The van der Waals surface area contributed by atoms with E-state index < -0.39 is 30.2 Å². The second kappa shape index (κ2) is 5.36. The highest BCUT2D eigenvalue weighted by molar-refractivity contribution is 6.27. The van der Waals surface area contributed by atoms with Crippen molar-refractivity contribution in [2.45, 2.75) is 12.5 Å². The van der Waals surface area contributed by atoms with Gasteiger partial charge in [-0.1, -0.05) is 0 Å². The molecule has 0 radical (unpaired) electrons. The topological polar surface area (TPSA) is 109 Å². The van der Waals surface area contributed by atoms with Gasteiger partial charge in [-0.15, -0.1) is 11.6 Å². The second-order valence-corrected chi connectivity index (χ2v) is 2.53. The third-order valence-electron chi connectivity index (χ3n) is 1.16. The van der Waals surface area contributed by atoms with E-state index in [1.165, 1.54) is 0 Å². The molecular formula is C6H9ClN2O4. The largest absolute Gasteiger partial charge is 0.480 e. The van der Waals surface area contributed by atoms with Crippen LogP contribution in [0.3, 0.4) is 0 Å². The van der Waals surface area contributed by atoms with E-state index in [4.69, 9.17) is 22.4 Å². The molecule has 0 unspecified atom stereocenters. The summed E-state index contributed by atoms with van der Waals surface area (Å²) >= 11 is 5.12. The summed E-state index contributed by atoms with van der Waals surface area (Å²) in [5.41, 5.74) is 4.76. The predicted molar refractivity (Wildman–Crippen MR) is 44.1 cm³/mol. The number of hydrogen-bond acceptors (Lipinski definition) is 3. The molecule has 0 aliphatic carbocycles. The van der Waals surface area contributed by atoms with Crippen LogP contribution >= 0.6 is 11.6 Å². The zero-order valence-corrected chi connectivity index (χ0v) is 7.37. The number of carboxylic acid groups (broad SMARTS) is 1. The van der Waals surface area contributed by atoms with E-state index in [1.807, 2.05) is 5.32 Å². The van der Waals surface area contributed by atoms with E-state index in [2.05, 4.69) is 0 Å². The van der Waals surface area contributed by atoms with Crippen LogP contribution in [0.15, 0.2) is 0 Å². The van der Waals surface area contributed by atoms with Crippen molar-refractivity contribution in [2.75, 3.05) is 5.88 Å². The molecule has 0 rings (SSSR count). The molecule has 1 atom stereocenters. The van der Waals surface area contributed by atoms with Crippen LogP contribution in [0, 0.1) is 0 Å². The van der Waals surface area contributed by atoms with Crippen molar-refractivity contribution in [1.29, 1.82) is 0 Å². The lowest BCUT2D eigenvalue weighted by Gasteiger charge is -2.10. The number of rotatable bonds is 5. The summed E-state index contributed by atoms with van der Waals surface area (Å²) in [7, 11) is 0. The molecule has 0 bridgehead atoms. The summed E-state index contributed by atoms with van der Waals surface area (Å²) in [6.07, 6.45) is -0.446. The van der Waals surface area contributed by atoms with Crippen molar-refractivity contribution in [1.82, 2.24) is 5.32 Å². The number of carbonyl (C=O) groups is 3. The van der Waals surface area contributed by atoms with Crippen LogP contribution < -0.4 is 11.1 Å². The van der Waals surface area contributed by atoms with Gasteiger partial charge in [0.15, 0.2) is 0 Å². The second-order valence-electron chi connectivity index (χ2n) is 2.26. The summed E-state index contributed by atoms with van der Waals surface area (Å²) in [5, 5.41) is 10.5. The first-order chi connectivity index (χ1) is 5.97. The highest BCUT2D eigenvalue weighted by Gasteiger charge is 2.21. The number of nitrogens with two attached hydrogens (primary N) is 1. The first kappa shape index (κ1) is 11.7.